The Bertz CT molecular complexity index is 815. The molecule has 0 bridgehead atoms. The fourth-order valence-corrected chi connectivity index (χ4v) is 3.89. The average molecular weight is 442 g/mol. The molecule has 29 heavy (non-hydrogen) atoms. The van der Waals surface area contributed by atoms with Gasteiger partial charge >= 0.3 is 6.09 Å². The number of aryl methyl sites for hydroxylation is 1. The highest BCUT2D eigenvalue weighted by Crippen LogP contribution is 2.25. The van der Waals surface area contributed by atoms with Crippen LogP contribution in [0.5, 0.6) is 0 Å². The predicted molar refractivity (Wildman–Crippen MR) is 115 cm³/mol. The number of benzene rings is 2. The maximum Gasteiger partial charge on any atom is 0.407 e. The molecule has 3 rings (SSSR count). The lowest BCUT2D eigenvalue weighted by Crippen LogP contribution is -2.36. The molecule has 1 aliphatic heterocycles. The monoisotopic (exact) mass is 441 g/mol. The van der Waals surface area contributed by atoms with E-state index in [1.54, 1.807) is 12.1 Å². The van der Waals surface area contributed by atoms with Crippen LogP contribution in [0.2, 0.25) is 10.0 Å². The van der Waals surface area contributed by atoms with Crippen LogP contribution in [0.1, 0.15) is 29.2 Å². The summed E-state index contributed by atoms with van der Waals surface area (Å²) in [7, 11) is 1.88. The smallest absolute Gasteiger partial charge is 0.407 e. The number of hydrogen-bond donors (Lipinski definition) is 3. The van der Waals surface area contributed by atoms with E-state index < -0.39 is 6.09 Å². The highest BCUT2D eigenvalue weighted by molar-refractivity contribution is 6.34. The van der Waals surface area contributed by atoms with Crippen molar-refractivity contribution in [1.82, 2.24) is 15.5 Å². The number of halogens is 3. The minimum Gasteiger partial charge on any atom is -0.465 e. The van der Waals surface area contributed by atoms with E-state index in [9.17, 15) is 14.3 Å². The van der Waals surface area contributed by atoms with Crippen molar-refractivity contribution >= 4 is 29.3 Å². The van der Waals surface area contributed by atoms with E-state index in [1.165, 1.54) is 17.0 Å². The Morgan fingerprint density at radius 1 is 1.28 bits per heavy atom. The second-order valence-corrected chi connectivity index (χ2v) is 7.73. The molecule has 0 saturated carbocycles. The summed E-state index contributed by atoms with van der Waals surface area (Å²) in [4.78, 5) is 12.7. The van der Waals surface area contributed by atoms with Crippen LogP contribution < -0.4 is 10.6 Å². The SMILES string of the molecule is CNCc1cc(Cl)cc(Cl)c1.Cc1cc(F)ccc1[C@H]1CNCCCN1C(=O)O. The number of hydrogen-bond acceptors (Lipinski definition) is 3. The zero-order chi connectivity index (χ0) is 21.4. The van der Waals surface area contributed by atoms with E-state index in [2.05, 4.69) is 10.6 Å². The quantitative estimate of drug-likeness (QED) is 0.635. The van der Waals surface area contributed by atoms with Crippen molar-refractivity contribution in [1.29, 1.82) is 0 Å². The summed E-state index contributed by atoms with van der Waals surface area (Å²) >= 11 is 11.5. The first kappa shape index (κ1) is 23.4. The van der Waals surface area contributed by atoms with Crippen molar-refractivity contribution in [3.8, 4) is 0 Å². The van der Waals surface area contributed by atoms with Crippen LogP contribution in [0.15, 0.2) is 36.4 Å². The fourth-order valence-electron chi connectivity index (χ4n) is 3.32. The van der Waals surface area contributed by atoms with E-state index in [1.807, 2.05) is 26.1 Å². The van der Waals surface area contributed by atoms with Crippen LogP contribution >= 0.6 is 23.2 Å². The summed E-state index contributed by atoms with van der Waals surface area (Å²) < 4.78 is 13.1. The van der Waals surface area contributed by atoms with Gasteiger partial charge < -0.3 is 15.7 Å². The lowest BCUT2D eigenvalue weighted by atomic mass is 10.00. The highest BCUT2D eigenvalue weighted by atomic mass is 35.5. The van der Waals surface area contributed by atoms with Gasteiger partial charge in [0.25, 0.3) is 0 Å². The lowest BCUT2D eigenvalue weighted by molar-refractivity contribution is 0.128. The molecular formula is C21H26Cl2FN3O2. The van der Waals surface area contributed by atoms with E-state index in [0.29, 0.717) is 23.1 Å². The number of nitrogens with zero attached hydrogens (tertiary/aromatic N) is 1. The highest BCUT2D eigenvalue weighted by Gasteiger charge is 2.27. The van der Waals surface area contributed by atoms with Crippen molar-refractivity contribution in [2.45, 2.75) is 25.9 Å². The third-order valence-corrected chi connectivity index (χ3v) is 5.04. The molecule has 2 aromatic rings. The van der Waals surface area contributed by atoms with Crippen LogP contribution in [0.4, 0.5) is 9.18 Å². The summed E-state index contributed by atoms with van der Waals surface area (Å²) in [5, 5.41) is 16.9. The molecule has 1 amide bonds. The average Bonchev–Trinajstić information content (AvgIpc) is 2.88. The van der Waals surface area contributed by atoms with Gasteiger partial charge in [0, 0.05) is 29.7 Å². The first-order valence-electron chi connectivity index (χ1n) is 9.37. The Hall–Kier alpha value is -1.86. The first-order valence-corrected chi connectivity index (χ1v) is 10.1. The number of amides is 1. The van der Waals surface area contributed by atoms with Gasteiger partial charge in [0.05, 0.1) is 6.04 Å². The zero-order valence-electron chi connectivity index (χ0n) is 16.5. The molecule has 1 aliphatic rings. The molecule has 0 radical (unpaired) electrons. The number of carboxylic acid groups (broad SMARTS) is 1. The van der Waals surface area contributed by atoms with Gasteiger partial charge in [0.2, 0.25) is 0 Å². The standard InChI is InChI=1S/C13H17FN2O2.C8H9Cl2N/c1-9-7-10(14)3-4-11(9)12-8-15-5-2-6-16(12)13(17)18;1-11-5-6-2-7(9)4-8(10)3-6/h3-4,7,12,15H,2,5-6,8H2,1H3,(H,17,18);2-4,11H,5H2,1H3/t12-;/m1./s1. The van der Waals surface area contributed by atoms with Gasteiger partial charge in [0.1, 0.15) is 5.82 Å². The molecule has 5 nitrogen and oxygen atoms in total. The van der Waals surface area contributed by atoms with Gasteiger partial charge in [-0.25, -0.2) is 9.18 Å². The lowest BCUT2D eigenvalue weighted by Gasteiger charge is -2.28. The molecule has 1 saturated heterocycles. The minimum absolute atomic E-state index is 0.245. The van der Waals surface area contributed by atoms with Crippen LogP contribution in [0.3, 0.4) is 0 Å². The van der Waals surface area contributed by atoms with Gasteiger partial charge in [-0.2, -0.15) is 0 Å². The molecule has 3 N–H and O–H groups in total. The van der Waals surface area contributed by atoms with Crippen molar-refractivity contribution < 1.29 is 14.3 Å². The third-order valence-electron chi connectivity index (χ3n) is 4.61. The molecule has 158 valence electrons. The first-order chi connectivity index (χ1) is 13.8. The summed E-state index contributed by atoms with van der Waals surface area (Å²) in [6.07, 6.45) is -0.129. The van der Waals surface area contributed by atoms with E-state index in [4.69, 9.17) is 23.2 Å². The summed E-state index contributed by atoms with van der Waals surface area (Å²) in [6.45, 7) is 4.48. The Balaban J connectivity index is 0.000000234. The molecule has 1 atom stereocenters. The van der Waals surface area contributed by atoms with Crippen LogP contribution in [-0.2, 0) is 6.54 Å². The van der Waals surface area contributed by atoms with Crippen LogP contribution in [-0.4, -0.2) is 42.8 Å². The maximum absolute atomic E-state index is 13.1. The van der Waals surface area contributed by atoms with E-state index in [0.717, 1.165) is 36.2 Å². The second kappa shape index (κ2) is 11.4. The molecule has 1 heterocycles. The summed E-state index contributed by atoms with van der Waals surface area (Å²) in [6, 6.07) is 9.77. The molecule has 1 fully saturated rings. The normalized spacial score (nSPS) is 16.6. The molecule has 0 spiro atoms. The van der Waals surface area contributed by atoms with Gasteiger partial charge in [-0.05, 0) is 74.0 Å². The largest absolute Gasteiger partial charge is 0.465 e. The number of rotatable bonds is 3. The fraction of sp³-hybridized carbons (Fsp3) is 0.381. The maximum atomic E-state index is 13.1. The van der Waals surface area contributed by atoms with Gasteiger partial charge in [-0.3, -0.25) is 4.90 Å². The van der Waals surface area contributed by atoms with E-state index in [-0.39, 0.29) is 11.9 Å². The number of nitrogens with one attached hydrogen (secondary N) is 2. The second-order valence-electron chi connectivity index (χ2n) is 6.86. The molecule has 0 unspecified atom stereocenters. The molecule has 8 heteroatoms. The van der Waals surface area contributed by atoms with Crippen molar-refractivity contribution in [2.24, 2.45) is 0 Å². The van der Waals surface area contributed by atoms with Gasteiger partial charge in [-0.15, -0.1) is 0 Å². The minimum atomic E-state index is -0.924. The number of carbonyl (C=O) groups is 1. The zero-order valence-corrected chi connectivity index (χ0v) is 18.0. The van der Waals surface area contributed by atoms with Gasteiger partial charge in [0.15, 0.2) is 0 Å². The Morgan fingerprint density at radius 3 is 2.55 bits per heavy atom. The van der Waals surface area contributed by atoms with Gasteiger partial charge in [-0.1, -0.05) is 29.3 Å². The topological polar surface area (TPSA) is 64.6 Å². The molecule has 2 aromatic carbocycles. The summed E-state index contributed by atoms with van der Waals surface area (Å²) in [5.41, 5.74) is 2.76. The summed E-state index contributed by atoms with van der Waals surface area (Å²) in [5.74, 6) is -0.292. The third kappa shape index (κ3) is 7.16. The predicted octanol–water partition coefficient (Wildman–Crippen LogP) is 4.86. The van der Waals surface area contributed by atoms with Crippen molar-refractivity contribution in [3.05, 3.63) is 69.0 Å². The molecule has 0 aromatic heterocycles. The van der Waals surface area contributed by atoms with Crippen LogP contribution in [0, 0.1) is 12.7 Å². The Kier molecular flexibility index (Phi) is 9.17. The van der Waals surface area contributed by atoms with Crippen molar-refractivity contribution in [3.63, 3.8) is 0 Å². The molecule has 0 aliphatic carbocycles. The van der Waals surface area contributed by atoms with E-state index >= 15 is 0 Å². The van der Waals surface area contributed by atoms with Crippen LogP contribution in [0.25, 0.3) is 0 Å². The van der Waals surface area contributed by atoms with Crippen molar-refractivity contribution in [2.75, 3.05) is 26.7 Å². The Labute approximate surface area is 180 Å². The Morgan fingerprint density at radius 2 is 1.97 bits per heavy atom. The molecular weight excluding hydrogens is 416 g/mol.